The van der Waals surface area contributed by atoms with E-state index in [9.17, 15) is 0 Å². The van der Waals surface area contributed by atoms with E-state index >= 15 is 0 Å². The van der Waals surface area contributed by atoms with E-state index in [-0.39, 0.29) is 0 Å². The summed E-state index contributed by atoms with van der Waals surface area (Å²) in [5, 5.41) is 4.26. The van der Waals surface area contributed by atoms with Crippen LogP contribution >= 0.6 is 15.9 Å². The monoisotopic (exact) mass is 259 g/mol. The lowest BCUT2D eigenvalue weighted by Gasteiger charge is -2.38. The molecular weight excluding hydrogens is 246 g/mol. The molecule has 78 valence electrons. The summed E-state index contributed by atoms with van der Waals surface area (Å²) in [5.41, 5.74) is 0. The minimum Gasteiger partial charge on any atom is -0.383 e. The zero-order valence-electron chi connectivity index (χ0n) is 8.19. The summed E-state index contributed by atoms with van der Waals surface area (Å²) in [4.78, 5) is 2.36. The van der Waals surface area contributed by atoms with Crippen molar-refractivity contribution in [1.82, 2.24) is 14.7 Å². The molecule has 0 aliphatic carbocycles. The Bertz CT molecular complexity index is 296. The number of halogens is 1. The van der Waals surface area contributed by atoms with Crippen LogP contribution in [-0.4, -0.2) is 48.0 Å². The van der Waals surface area contributed by atoms with Crippen LogP contribution < -0.4 is 0 Å². The summed E-state index contributed by atoms with van der Waals surface area (Å²) in [7, 11) is 1.74. The van der Waals surface area contributed by atoms with E-state index in [0.29, 0.717) is 6.04 Å². The molecule has 0 amide bonds. The van der Waals surface area contributed by atoms with Crippen molar-refractivity contribution in [2.45, 2.75) is 6.04 Å². The molecule has 1 aliphatic rings. The van der Waals surface area contributed by atoms with Crippen molar-refractivity contribution in [3.8, 4) is 0 Å². The van der Waals surface area contributed by atoms with E-state index in [1.54, 1.807) is 7.11 Å². The maximum Gasteiger partial charge on any atom is 0.0773 e. The molecule has 0 saturated carbocycles. The Hall–Kier alpha value is -0.390. The number of hydrogen-bond acceptors (Lipinski definition) is 3. The molecule has 1 aromatic heterocycles. The van der Waals surface area contributed by atoms with Gasteiger partial charge in [-0.3, -0.25) is 9.58 Å². The molecule has 5 heteroatoms. The molecule has 1 fully saturated rings. The quantitative estimate of drug-likeness (QED) is 0.813. The van der Waals surface area contributed by atoms with E-state index in [1.807, 2.05) is 17.1 Å². The number of nitrogens with zero attached hydrogens (tertiary/aromatic N) is 3. The second-order valence-electron chi connectivity index (χ2n) is 3.54. The normalized spacial score (nSPS) is 18.4. The number of aromatic nitrogens is 2. The highest BCUT2D eigenvalue weighted by atomic mass is 79.9. The third-order valence-corrected chi connectivity index (χ3v) is 2.90. The van der Waals surface area contributed by atoms with Gasteiger partial charge in [-0.05, 0) is 15.9 Å². The van der Waals surface area contributed by atoms with Crippen molar-refractivity contribution in [3.05, 3.63) is 16.9 Å². The van der Waals surface area contributed by atoms with Crippen molar-refractivity contribution in [2.75, 3.05) is 33.4 Å². The largest absolute Gasteiger partial charge is 0.383 e. The smallest absolute Gasteiger partial charge is 0.0773 e. The van der Waals surface area contributed by atoms with Gasteiger partial charge in [0.05, 0.1) is 23.3 Å². The topological polar surface area (TPSA) is 30.3 Å². The first-order valence-electron chi connectivity index (χ1n) is 4.70. The highest BCUT2D eigenvalue weighted by molar-refractivity contribution is 9.10. The molecule has 2 rings (SSSR count). The van der Waals surface area contributed by atoms with Gasteiger partial charge in [-0.25, -0.2) is 0 Å². The maximum atomic E-state index is 5.02. The number of hydrogen-bond donors (Lipinski definition) is 0. The zero-order valence-corrected chi connectivity index (χ0v) is 9.77. The fourth-order valence-corrected chi connectivity index (χ4v) is 1.93. The van der Waals surface area contributed by atoms with E-state index < -0.39 is 0 Å². The summed E-state index contributed by atoms with van der Waals surface area (Å²) in [6.45, 7) is 4.00. The van der Waals surface area contributed by atoms with Gasteiger partial charge >= 0.3 is 0 Å². The summed E-state index contributed by atoms with van der Waals surface area (Å²) in [6.07, 6.45) is 3.86. The standard InChI is InChI=1S/C9H14BrN3O/c1-14-3-2-12-6-9(7-12)13-5-8(10)4-11-13/h4-5,9H,2-3,6-7H2,1H3. The summed E-state index contributed by atoms with van der Waals surface area (Å²) < 4.78 is 8.09. The maximum absolute atomic E-state index is 5.02. The molecular formula is C9H14BrN3O. The third kappa shape index (κ3) is 2.16. The van der Waals surface area contributed by atoms with E-state index in [4.69, 9.17) is 4.74 Å². The number of likely N-dealkylation sites (tertiary alicyclic amines) is 1. The van der Waals surface area contributed by atoms with Crippen LogP contribution in [0.4, 0.5) is 0 Å². The lowest BCUT2D eigenvalue weighted by atomic mass is 10.1. The Morgan fingerprint density at radius 1 is 1.64 bits per heavy atom. The molecule has 0 N–H and O–H groups in total. The van der Waals surface area contributed by atoms with Crippen molar-refractivity contribution in [1.29, 1.82) is 0 Å². The molecule has 0 unspecified atom stereocenters. The first kappa shape index (κ1) is 10.1. The molecule has 0 aromatic carbocycles. The van der Waals surface area contributed by atoms with Crippen LogP contribution in [0.1, 0.15) is 6.04 Å². The predicted molar refractivity (Wildman–Crippen MR) is 57.3 cm³/mol. The minimum atomic E-state index is 0.540. The highest BCUT2D eigenvalue weighted by Crippen LogP contribution is 2.21. The number of methoxy groups -OCH3 is 1. The van der Waals surface area contributed by atoms with Gasteiger partial charge in [0.25, 0.3) is 0 Å². The van der Waals surface area contributed by atoms with Crippen molar-refractivity contribution < 1.29 is 4.74 Å². The Morgan fingerprint density at radius 3 is 3.00 bits per heavy atom. The molecule has 4 nitrogen and oxygen atoms in total. The molecule has 0 atom stereocenters. The summed E-state index contributed by atoms with van der Waals surface area (Å²) in [5.74, 6) is 0. The predicted octanol–water partition coefficient (Wildman–Crippen LogP) is 1.15. The van der Waals surface area contributed by atoms with Gasteiger partial charge in [-0.15, -0.1) is 0 Å². The van der Waals surface area contributed by atoms with E-state index in [1.165, 1.54) is 0 Å². The van der Waals surface area contributed by atoms with Crippen molar-refractivity contribution in [2.24, 2.45) is 0 Å². The van der Waals surface area contributed by atoms with Crippen molar-refractivity contribution in [3.63, 3.8) is 0 Å². The van der Waals surface area contributed by atoms with Gasteiger partial charge in [-0.2, -0.15) is 5.10 Å². The van der Waals surface area contributed by atoms with Crippen LogP contribution in [0.25, 0.3) is 0 Å². The van der Waals surface area contributed by atoms with Gasteiger partial charge in [0, 0.05) is 32.9 Å². The fraction of sp³-hybridized carbons (Fsp3) is 0.667. The first-order chi connectivity index (χ1) is 6.79. The van der Waals surface area contributed by atoms with Gasteiger partial charge < -0.3 is 4.74 Å². The van der Waals surface area contributed by atoms with Gasteiger partial charge in [-0.1, -0.05) is 0 Å². The second-order valence-corrected chi connectivity index (χ2v) is 4.46. The van der Waals surface area contributed by atoms with Crippen LogP contribution in [0.2, 0.25) is 0 Å². The van der Waals surface area contributed by atoms with Crippen LogP contribution in [0, 0.1) is 0 Å². The lowest BCUT2D eigenvalue weighted by molar-refractivity contribution is 0.0644. The first-order valence-corrected chi connectivity index (χ1v) is 5.50. The minimum absolute atomic E-state index is 0.540. The van der Waals surface area contributed by atoms with E-state index in [2.05, 4.69) is 25.9 Å². The molecule has 1 aliphatic heterocycles. The summed E-state index contributed by atoms with van der Waals surface area (Å²) in [6, 6.07) is 0.540. The number of ether oxygens (including phenoxy) is 1. The molecule has 2 heterocycles. The molecule has 14 heavy (non-hydrogen) atoms. The summed E-state index contributed by atoms with van der Waals surface area (Å²) >= 11 is 3.39. The van der Waals surface area contributed by atoms with Gasteiger partial charge in [0.2, 0.25) is 0 Å². The molecule has 1 saturated heterocycles. The Labute approximate surface area is 92.0 Å². The average Bonchev–Trinajstić information content (AvgIpc) is 2.49. The molecule has 0 bridgehead atoms. The van der Waals surface area contributed by atoms with Crippen LogP contribution in [0.5, 0.6) is 0 Å². The van der Waals surface area contributed by atoms with E-state index in [0.717, 1.165) is 30.7 Å². The SMILES string of the molecule is COCCN1CC(n2cc(Br)cn2)C1. The fourth-order valence-electron chi connectivity index (χ4n) is 1.63. The van der Waals surface area contributed by atoms with Crippen LogP contribution in [0.3, 0.4) is 0 Å². The molecule has 0 spiro atoms. The Morgan fingerprint density at radius 2 is 2.43 bits per heavy atom. The lowest BCUT2D eigenvalue weighted by Crippen LogP contribution is -2.48. The van der Waals surface area contributed by atoms with Gasteiger partial charge in [0.15, 0.2) is 0 Å². The number of rotatable bonds is 4. The average molecular weight is 260 g/mol. The zero-order chi connectivity index (χ0) is 9.97. The van der Waals surface area contributed by atoms with Gasteiger partial charge in [0.1, 0.15) is 0 Å². The highest BCUT2D eigenvalue weighted by Gasteiger charge is 2.27. The Balaban J connectivity index is 1.77. The second kappa shape index (κ2) is 4.42. The van der Waals surface area contributed by atoms with Crippen LogP contribution in [0.15, 0.2) is 16.9 Å². The third-order valence-electron chi connectivity index (χ3n) is 2.49. The van der Waals surface area contributed by atoms with Crippen molar-refractivity contribution >= 4 is 15.9 Å². The van der Waals surface area contributed by atoms with Crippen LogP contribution in [-0.2, 0) is 4.74 Å². The molecule has 1 aromatic rings. The Kier molecular flexibility index (Phi) is 3.20. The molecule has 0 radical (unpaired) electrons.